The highest BCUT2D eigenvalue weighted by Crippen LogP contribution is 2.41. The molecular formula is C77H49N5O. The van der Waals surface area contributed by atoms with E-state index < -0.39 is 0 Å². The molecule has 0 atom stereocenters. The summed E-state index contributed by atoms with van der Waals surface area (Å²) >= 11 is 0. The van der Waals surface area contributed by atoms with Crippen LogP contribution in [0.1, 0.15) is 0 Å². The first-order chi connectivity index (χ1) is 41.2. The number of hydrogen-bond donors (Lipinski definition) is 0. The number of rotatable bonds is 6. The molecule has 12 aromatic carbocycles. The summed E-state index contributed by atoms with van der Waals surface area (Å²) in [5.74, 6) is 0. The molecule has 6 heterocycles. The molecule has 388 valence electrons. The number of hydrogen-bond acceptors (Lipinski definition) is 2. The fourth-order valence-corrected chi connectivity index (χ4v) is 13.2. The van der Waals surface area contributed by atoms with Crippen molar-refractivity contribution in [2.75, 3.05) is 0 Å². The van der Waals surface area contributed by atoms with Gasteiger partial charge in [0.2, 0.25) is 0 Å². The van der Waals surface area contributed by atoms with Crippen LogP contribution in [0.25, 0.3) is 154 Å². The van der Waals surface area contributed by atoms with Crippen LogP contribution in [0.4, 0.5) is 0 Å². The van der Waals surface area contributed by atoms with E-state index in [-0.39, 0.29) is 0 Å². The van der Waals surface area contributed by atoms with E-state index in [9.17, 15) is 0 Å². The standard InChI is InChI=1S/C42H26N2O.C35H23N3/c1-2-10-29(11-3-1)43-37-15-7-4-12-31(37)34-24-27(18-21-39(34)43)28-19-22-40-35(25-28)32-13-5-8-16-38(32)44(40)30-20-23-42-36(26-30)33-14-6-9-17-41(33)45-42;1-3-10-26(11-4-1)37-31-15-8-7-14-28(31)29-22-24(17-19-32(29)37)25-18-20-33-30(23-25)35-34(16-9-21-36-35)38(33)27-12-5-2-6-13-27/h1-26H;1-23H. The van der Waals surface area contributed by atoms with Gasteiger partial charge in [0.25, 0.3) is 0 Å². The lowest BCUT2D eigenvalue weighted by atomic mass is 10.0. The third-order valence-corrected chi connectivity index (χ3v) is 16.9. The number of para-hydroxylation sites is 7. The summed E-state index contributed by atoms with van der Waals surface area (Å²) in [5, 5.41) is 11.0. The highest BCUT2D eigenvalue weighted by molar-refractivity contribution is 6.15. The predicted octanol–water partition coefficient (Wildman–Crippen LogP) is 20.4. The van der Waals surface area contributed by atoms with Crippen LogP contribution < -0.4 is 0 Å². The lowest BCUT2D eigenvalue weighted by Crippen LogP contribution is -1.93. The Balaban J connectivity index is 0.000000133. The topological polar surface area (TPSA) is 45.8 Å². The van der Waals surface area contributed by atoms with Gasteiger partial charge in [-0.05, 0) is 162 Å². The molecule has 18 rings (SSSR count). The molecule has 0 saturated heterocycles. The molecule has 0 aliphatic carbocycles. The Bertz CT molecular complexity index is 5410. The van der Waals surface area contributed by atoms with Crippen LogP contribution in [0.2, 0.25) is 0 Å². The largest absolute Gasteiger partial charge is 0.456 e. The van der Waals surface area contributed by atoms with Crippen molar-refractivity contribution in [1.29, 1.82) is 0 Å². The summed E-state index contributed by atoms with van der Waals surface area (Å²) in [4.78, 5) is 4.79. The van der Waals surface area contributed by atoms with Crippen molar-refractivity contribution < 1.29 is 4.42 Å². The van der Waals surface area contributed by atoms with Gasteiger partial charge in [0.05, 0.1) is 49.7 Å². The average molecular weight is 1060 g/mol. The lowest BCUT2D eigenvalue weighted by molar-refractivity contribution is 0.669. The van der Waals surface area contributed by atoms with Crippen LogP contribution in [0.3, 0.4) is 0 Å². The number of pyridine rings is 1. The SMILES string of the molecule is c1ccc(-n2c3ccccc3c3cc(-c4ccc5c(c4)c4ccccc4n5-c4ccc5oc6ccccc6c5c4)ccc32)cc1.c1ccc(-n2c3ccccc3c3cc(-c4ccc5c(c4)c4ncccc4n5-c4ccccc4)ccc32)cc1. The second kappa shape index (κ2) is 18.7. The first kappa shape index (κ1) is 46.7. The Kier molecular flexibility index (Phi) is 10.5. The Morgan fingerprint density at radius 3 is 1.05 bits per heavy atom. The first-order valence-corrected chi connectivity index (χ1v) is 28.3. The summed E-state index contributed by atoms with van der Waals surface area (Å²) in [6.45, 7) is 0. The number of aromatic nitrogens is 5. The third-order valence-electron chi connectivity index (χ3n) is 16.9. The highest BCUT2D eigenvalue weighted by atomic mass is 16.3. The van der Waals surface area contributed by atoms with E-state index >= 15 is 0 Å². The number of furan rings is 1. The van der Waals surface area contributed by atoms with Gasteiger partial charge in [-0.2, -0.15) is 0 Å². The molecule has 0 radical (unpaired) electrons. The summed E-state index contributed by atoms with van der Waals surface area (Å²) in [5.41, 5.74) is 21.8. The number of nitrogens with zero attached hydrogens (tertiary/aromatic N) is 5. The Morgan fingerprint density at radius 1 is 0.217 bits per heavy atom. The minimum atomic E-state index is 0.909. The fourth-order valence-electron chi connectivity index (χ4n) is 13.2. The summed E-state index contributed by atoms with van der Waals surface area (Å²) in [7, 11) is 0. The molecule has 0 spiro atoms. The maximum atomic E-state index is 6.14. The second-order valence-corrected chi connectivity index (χ2v) is 21.5. The van der Waals surface area contributed by atoms with E-state index in [4.69, 9.17) is 9.40 Å². The van der Waals surface area contributed by atoms with Crippen molar-refractivity contribution in [2.45, 2.75) is 0 Å². The molecule has 0 aliphatic rings. The van der Waals surface area contributed by atoms with Crippen molar-refractivity contribution in [2.24, 2.45) is 0 Å². The average Bonchev–Trinajstić information content (AvgIpc) is 4.01. The normalized spacial score (nSPS) is 11.9. The van der Waals surface area contributed by atoms with E-state index in [2.05, 4.69) is 291 Å². The Labute approximate surface area is 476 Å². The van der Waals surface area contributed by atoms with Crippen LogP contribution in [0, 0.1) is 0 Å². The Morgan fingerprint density at radius 2 is 0.566 bits per heavy atom. The maximum Gasteiger partial charge on any atom is 0.135 e. The molecule has 0 fully saturated rings. The zero-order valence-electron chi connectivity index (χ0n) is 44.9. The molecule has 6 heteroatoms. The molecule has 0 bridgehead atoms. The van der Waals surface area contributed by atoms with E-state index in [1.807, 2.05) is 24.4 Å². The molecule has 6 aromatic heterocycles. The smallest absolute Gasteiger partial charge is 0.135 e. The van der Waals surface area contributed by atoms with E-state index in [1.54, 1.807) is 0 Å². The minimum absolute atomic E-state index is 0.909. The first-order valence-electron chi connectivity index (χ1n) is 28.3. The molecule has 0 saturated carbocycles. The van der Waals surface area contributed by atoms with Gasteiger partial charge in [0, 0.05) is 77.4 Å². The molecule has 0 amide bonds. The highest BCUT2D eigenvalue weighted by Gasteiger charge is 2.20. The number of benzene rings is 12. The fraction of sp³-hybridized carbons (Fsp3) is 0. The summed E-state index contributed by atoms with van der Waals surface area (Å²) < 4.78 is 15.5. The van der Waals surface area contributed by atoms with Crippen molar-refractivity contribution in [3.8, 4) is 45.0 Å². The van der Waals surface area contributed by atoms with Crippen molar-refractivity contribution in [3.05, 3.63) is 297 Å². The minimum Gasteiger partial charge on any atom is -0.456 e. The molecular weight excluding hydrogens is 1010 g/mol. The van der Waals surface area contributed by atoms with E-state index in [1.165, 1.54) is 99.0 Å². The van der Waals surface area contributed by atoms with E-state index in [0.29, 0.717) is 0 Å². The zero-order chi connectivity index (χ0) is 54.5. The van der Waals surface area contributed by atoms with Gasteiger partial charge >= 0.3 is 0 Å². The Hall–Kier alpha value is -11.2. The van der Waals surface area contributed by atoms with Gasteiger partial charge < -0.3 is 22.7 Å². The van der Waals surface area contributed by atoms with Crippen molar-refractivity contribution in [3.63, 3.8) is 0 Å². The molecule has 0 aliphatic heterocycles. The summed E-state index contributed by atoms with van der Waals surface area (Å²) in [6, 6.07) is 104. The van der Waals surface area contributed by atoms with Gasteiger partial charge in [-0.3, -0.25) is 4.98 Å². The summed E-state index contributed by atoms with van der Waals surface area (Å²) in [6.07, 6.45) is 1.88. The lowest BCUT2D eigenvalue weighted by Gasteiger charge is -2.09. The van der Waals surface area contributed by atoms with Gasteiger partial charge in [-0.25, -0.2) is 0 Å². The van der Waals surface area contributed by atoms with Gasteiger partial charge in [0.1, 0.15) is 11.2 Å². The number of fused-ring (bicyclic) bond motifs is 15. The second-order valence-electron chi connectivity index (χ2n) is 21.5. The van der Waals surface area contributed by atoms with Gasteiger partial charge in [-0.1, -0.05) is 152 Å². The van der Waals surface area contributed by atoms with Gasteiger partial charge in [0.15, 0.2) is 0 Å². The molecule has 6 nitrogen and oxygen atoms in total. The maximum absolute atomic E-state index is 6.14. The van der Waals surface area contributed by atoms with Crippen molar-refractivity contribution >= 4 is 109 Å². The quantitative estimate of drug-likeness (QED) is 0.167. The molecule has 0 unspecified atom stereocenters. The molecule has 83 heavy (non-hydrogen) atoms. The van der Waals surface area contributed by atoms with Gasteiger partial charge in [-0.15, -0.1) is 0 Å². The van der Waals surface area contributed by atoms with Crippen LogP contribution in [-0.2, 0) is 0 Å². The molecule has 0 N–H and O–H groups in total. The monoisotopic (exact) mass is 1060 g/mol. The predicted molar refractivity (Wildman–Crippen MR) is 346 cm³/mol. The molecule has 18 aromatic rings. The van der Waals surface area contributed by atoms with Crippen LogP contribution >= 0.6 is 0 Å². The zero-order valence-corrected chi connectivity index (χ0v) is 44.9. The third kappa shape index (κ3) is 7.40. The van der Waals surface area contributed by atoms with Crippen LogP contribution in [-0.4, -0.2) is 23.3 Å². The van der Waals surface area contributed by atoms with Crippen molar-refractivity contribution in [1.82, 2.24) is 23.3 Å². The van der Waals surface area contributed by atoms with Crippen LogP contribution in [0.15, 0.2) is 302 Å². The van der Waals surface area contributed by atoms with E-state index in [0.717, 1.165) is 55.2 Å². The van der Waals surface area contributed by atoms with Crippen LogP contribution in [0.5, 0.6) is 0 Å².